The summed E-state index contributed by atoms with van der Waals surface area (Å²) >= 11 is 0. The van der Waals surface area contributed by atoms with Crippen molar-refractivity contribution in [2.45, 2.75) is 97.3 Å². The van der Waals surface area contributed by atoms with Gasteiger partial charge in [-0.25, -0.2) is 13.2 Å². The lowest BCUT2D eigenvalue weighted by Crippen LogP contribution is -2.27. The van der Waals surface area contributed by atoms with Crippen molar-refractivity contribution in [3.8, 4) is 5.75 Å². The molecule has 4 rings (SSSR count). The molecular formula is C34H43F3O4S. The van der Waals surface area contributed by atoms with Gasteiger partial charge < -0.3 is 4.74 Å². The van der Waals surface area contributed by atoms with E-state index < -0.39 is 38.4 Å². The van der Waals surface area contributed by atoms with Crippen LogP contribution in [-0.2, 0) is 16.5 Å². The highest BCUT2D eigenvalue weighted by molar-refractivity contribution is 7.85. The van der Waals surface area contributed by atoms with E-state index in [0.29, 0.717) is 31.8 Å². The molecule has 3 aromatic rings. The van der Waals surface area contributed by atoms with Gasteiger partial charge in [0.15, 0.2) is 22.3 Å². The summed E-state index contributed by atoms with van der Waals surface area (Å²) in [5.41, 5.74) is 1.38. The molecular weight excluding hydrogens is 561 g/mol. The Labute approximate surface area is 248 Å². The maximum absolute atomic E-state index is 14.9. The molecule has 8 heteroatoms. The van der Waals surface area contributed by atoms with E-state index in [9.17, 15) is 26.1 Å². The Morgan fingerprint density at radius 3 is 2.12 bits per heavy atom. The number of ether oxygens (including phenoxy) is 1. The summed E-state index contributed by atoms with van der Waals surface area (Å²) in [6.45, 7) is 15.7. The lowest BCUT2D eigenvalue weighted by Gasteiger charge is -2.37. The molecule has 0 aromatic heterocycles. The smallest absolute Gasteiger partial charge is 0.300 e. The van der Waals surface area contributed by atoms with Crippen molar-refractivity contribution in [1.29, 1.82) is 0 Å². The normalized spacial score (nSPS) is 18.6. The molecule has 0 bridgehead atoms. The van der Waals surface area contributed by atoms with Crippen molar-refractivity contribution >= 4 is 20.9 Å². The average molecular weight is 605 g/mol. The second-order valence-electron chi connectivity index (χ2n) is 14.1. The molecule has 0 radical (unpaired) electrons. The molecule has 1 aliphatic rings. The molecule has 1 aliphatic carbocycles. The molecule has 230 valence electrons. The average Bonchev–Trinajstić information content (AvgIpc) is 2.84. The van der Waals surface area contributed by atoms with Crippen LogP contribution in [0.2, 0.25) is 0 Å². The van der Waals surface area contributed by atoms with E-state index in [4.69, 9.17) is 4.74 Å². The van der Waals surface area contributed by atoms with Crippen LogP contribution in [0.3, 0.4) is 0 Å². The van der Waals surface area contributed by atoms with E-state index >= 15 is 0 Å². The van der Waals surface area contributed by atoms with Crippen molar-refractivity contribution in [2.24, 2.45) is 16.7 Å². The zero-order valence-electron chi connectivity index (χ0n) is 25.7. The second-order valence-corrected chi connectivity index (χ2v) is 15.5. The highest BCUT2D eigenvalue weighted by atomic mass is 32.2. The summed E-state index contributed by atoms with van der Waals surface area (Å²) in [6.07, 6.45) is 2.80. The maximum Gasteiger partial charge on any atom is 0.300 e. The predicted molar refractivity (Wildman–Crippen MR) is 161 cm³/mol. The molecule has 1 saturated carbocycles. The fourth-order valence-corrected chi connectivity index (χ4v) is 7.00. The molecule has 3 aromatic carbocycles. The van der Waals surface area contributed by atoms with E-state index in [1.54, 1.807) is 0 Å². The Morgan fingerprint density at radius 2 is 1.55 bits per heavy atom. The van der Waals surface area contributed by atoms with E-state index in [2.05, 4.69) is 65.8 Å². The quantitative estimate of drug-likeness (QED) is 0.195. The van der Waals surface area contributed by atoms with Crippen LogP contribution in [0, 0.1) is 34.2 Å². The number of fused-ring (bicyclic) bond motifs is 1. The monoisotopic (exact) mass is 604 g/mol. The van der Waals surface area contributed by atoms with Gasteiger partial charge in [0, 0.05) is 5.56 Å². The lowest BCUT2D eigenvalue weighted by molar-refractivity contribution is 0.193. The standard InChI is InChI=1S/C34H43F3O4S/c1-8-26-28(30(36)31(37)32(29(26)35)42(38,39)40)24-15-20(16-24)13-14-41-25-12-11-21-17-23(10-9-22(21)18-25)27(34(5,6)7)19-33(2,3)4/h9-12,17-18,20,24,27H,8,13-16,19H2,1-7H3,(H,38,39,40). The van der Waals surface area contributed by atoms with Crippen LogP contribution in [0.4, 0.5) is 13.2 Å². The molecule has 4 nitrogen and oxygen atoms in total. The van der Waals surface area contributed by atoms with Crippen molar-refractivity contribution in [3.05, 3.63) is 70.5 Å². The number of benzene rings is 3. The van der Waals surface area contributed by atoms with Gasteiger partial charge in [-0.05, 0) is 94.7 Å². The van der Waals surface area contributed by atoms with Gasteiger partial charge in [-0.3, -0.25) is 4.55 Å². The van der Waals surface area contributed by atoms with Crippen molar-refractivity contribution in [1.82, 2.24) is 0 Å². The van der Waals surface area contributed by atoms with Crippen LogP contribution in [0.15, 0.2) is 41.3 Å². The third-order valence-electron chi connectivity index (χ3n) is 8.57. The van der Waals surface area contributed by atoms with Gasteiger partial charge in [0.05, 0.1) is 6.61 Å². The molecule has 1 unspecified atom stereocenters. The Bertz CT molecular complexity index is 1560. The van der Waals surface area contributed by atoms with Gasteiger partial charge in [0.2, 0.25) is 0 Å². The van der Waals surface area contributed by atoms with Gasteiger partial charge in [-0.15, -0.1) is 0 Å². The lowest BCUT2D eigenvalue weighted by atomic mass is 9.69. The first-order valence-electron chi connectivity index (χ1n) is 14.7. The minimum absolute atomic E-state index is 0.0257. The largest absolute Gasteiger partial charge is 0.494 e. The molecule has 0 spiro atoms. The van der Waals surface area contributed by atoms with E-state index in [0.717, 1.165) is 22.9 Å². The fourth-order valence-electron chi connectivity index (χ4n) is 6.34. The van der Waals surface area contributed by atoms with Crippen molar-refractivity contribution < 1.29 is 30.9 Å². The fraction of sp³-hybridized carbons (Fsp3) is 0.529. The summed E-state index contributed by atoms with van der Waals surface area (Å²) in [7, 11) is -5.24. The molecule has 42 heavy (non-hydrogen) atoms. The van der Waals surface area contributed by atoms with Crippen LogP contribution in [-0.4, -0.2) is 19.6 Å². The topological polar surface area (TPSA) is 63.6 Å². The summed E-state index contributed by atoms with van der Waals surface area (Å²) in [5.74, 6) is -3.71. The summed E-state index contributed by atoms with van der Waals surface area (Å²) in [6, 6.07) is 12.7. The van der Waals surface area contributed by atoms with Crippen LogP contribution in [0.5, 0.6) is 5.75 Å². The van der Waals surface area contributed by atoms with Crippen molar-refractivity contribution in [2.75, 3.05) is 6.61 Å². The number of hydrogen-bond donors (Lipinski definition) is 1. The van der Waals surface area contributed by atoms with E-state index in [1.807, 2.05) is 12.1 Å². The van der Waals surface area contributed by atoms with Gasteiger partial charge >= 0.3 is 10.1 Å². The van der Waals surface area contributed by atoms with Gasteiger partial charge in [0.25, 0.3) is 0 Å². The molecule has 0 aliphatic heterocycles. The first-order chi connectivity index (χ1) is 19.4. The van der Waals surface area contributed by atoms with Crippen LogP contribution in [0.25, 0.3) is 10.8 Å². The molecule has 0 heterocycles. The first-order valence-corrected chi connectivity index (χ1v) is 16.2. The molecule has 1 atom stereocenters. The Hall–Kier alpha value is -2.58. The number of rotatable bonds is 9. The van der Waals surface area contributed by atoms with Gasteiger partial charge in [-0.1, -0.05) is 72.7 Å². The molecule has 0 saturated heterocycles. The van der Waals surface area contributed by atoms with E-state index in [-0.39, 0.29) is 34.3 Å². The number of halogens is 3. The Kier molecular flexibility index (Phi) is 9.11. The highest BCUT2D eigenvalue weighted by Gasteiger charge is 2.38. The van der Waals surface area contributed by atoms with E-state index in [1.165, 1.54) is 12.5 Å². The molecule has 1 fully saturated rings. The SMILES string of the molecule is CCc1c(F)c(S(=O)(=O)O)c(F)c(F)c1C1CC(CCOc2ccc3cc(C(CC(C)(C)C)C(C)(C)C)ccc3c2)C1. The second kappa shape index (κ2) is 11.8. The van der Waals surface area contributed by atoms with Gasteiger partial charge in [0.1, 0.15) is 5.75 Å². The zero-order chi connectivity index (χ0) is 31.2. The highest BCUT2D eigenvalue weighted by Crippen LogP contribution is 2.47. The molecule has 0 amide bonds. The zero-order valence-corrected chi connectivity index (χ0v) is 26.5. The number of hydrogen-bond acceptors (Lipinski definition) is 3. The minimum Gasteiger partial charge on any atom is -0.494 e. The maximum atomic E-state index is 14.9. The van der Waals surface area contributed by atoms with Crippen LogP contribution in [0.1, 0.15) is 103 Å². The Morgan fingerprint density at radius 1 is 0.929 bits per heavy atom. The third kappa shape index (κ3) is 6.96. The van der Waals surface area contributed by atoms with Crippen molar-refractivity contribution in [3.63, 3.8) is 0 Å². The van der Waals surface area contributed by atoms with Crippen LogP contribution >= 0.6 is 0 Å². The van der Waals surface area contributed by atoms with Crippen LogP contribution < -0.4 is 4.74 Å². The predicted octanol–water partition coefficient (Wildman–Crippen LogP) is 9.59. The molecule has 1 N–H and O–H groups in total. The summed E-state index contributed by atoms with van der Waals surface area (Å²) < 4.78 is 82.2. The Balaban J connectivity index is 1.39. The van der Waals surface area contributed by atoms with Gasteiger partial charge in [-0.2, -0.15) is 8.42 Å². The first kappa shape index (κ1) is 32.3. The summed E-state index contributed by atoms with van der Waals surface area (Å²) in [4.78, 5) is -1.62. The minimum atomic E-state index is -5.24. The third-order valence-corrected chi connectivity index (χ3v) is 9.44. The summed E-state index contributed by atoms with van der Waals surface area (Å²) in [5, 5.41) is 2.27.